The Hall–Kier alpha value is -4.12. The predicted molar refractivity (Wildman–Crippen MR) is 280 cm³/mol. The Labute approximate surface area is 433 Å². The second kappa shape index (κ2) is 44.4. The molecule has 1 saturated heterocycles. The Morgan fingerprint density at radius 3 is 1.49 bits per heavy atom. The third-order valence-corrected chi connectivity index (χ3v) is 13.4. The summed E-state index contributed by atoms with van der Waals surface area (Å²) in [6.07, 6.45) is 30.0. The molecule has 0 radical (unpaired) electrons. The number of carbonyl (C=O) groups excluding carboxylic acids is 6. The number of likely N-dealkylation sites (tertiary alicyclic amines) is 1. The monoisotopic (exact) mass is 1020 g/mol. The number of aliphatic carboxylic acids is 2. The highest BCUT2D eigenvalue weighted by atomic mass is 16.5. The Kier molecular flexibility index (Phi) is 40.6. The highest BCUT2D eigenvalue weighted by Crippen LogP contribution is 2.26. The minimum Gasteiger partial charge on any atom is -0.481 e. The van der Waals surface area contributed by atoms with Crippen LogP contribution in [-0.4, -0.2) is 121 Å². The fourth-order valence-electron chi connectivity index (χ4n) is 8.88. The summed E-state index contributed by atoms with van der Waals surface area (Å²) in [6, 6.07) is -1.90. The summed E-state index contributed by atoms with van der Waals surface area (Å²) in [5, 5.41) is 29.1. The number of hydrogen-bond acceptors (Lipinski definition) is 10. The third-order valence-electron chi connectivity index (χ3n) is 13.4. The predicted octanol–water partition coefficient (Wildman–Crippen LogP) is 8.93. The van der Waals surface area contributed by atoms with Gasteiger partial charge in [-0.25, -0.2) is 4.79 Å². The van der Waals surface area contributed by atoms with Gasteiger partial charge < -0.3 is 41.0 Å². The van der Waals surface area contributed by atoms with Gasteiger partial charge in [0.25, 0.3) is 0 Å². The van der Waals surface area contributed by atoms with E-state index in [1.807, 2.05) is 13.8 Å². The van der Waals surface area contributed by atoms with E-state index in [9.17, 15) is 43.5 Å². The van der Waals surface area contributed by atoms with Crippen molar-refractivity contribution in [3.05, 3.63) is 0 Å². The van der Waals surface area contributed by atoms with Crippen LogP contribution in [0.1, 0.15) is 233 Å². The molecule has 1 aliphatic rings. The van der Waals surface area contributed by atoms with Gasteiger partial charge in [0.05, 0.1) is 26.4 Å². The Bertz CT molecular complexity index is 1510. The van der Waals surface area contributed by atoms with Gasteiger partial charge in [-0.1, -0.05) is 168 Å². The van der Waals surface area contributed by atoms with Crippen molar-refractivity contribution in [1.29, 1.82) is 0 Å². The van der Waals surface area contributed by atoms with E-state index in [2.05, 4.69) is 28.2 Å². The molecule has 17 nitrogen and oxygen atoms in total. The van der Waals surface area contributed by atoms with Gasteiger partial charge in [0.1, 0.15) is 12.1 Å². The Balaban J connectivity index is 2.24. The molecule has 17 heteroatoms. The molecule has 416 valence electrons. The van der Waals surface area contributed by atoms with E-state index in [-0.39, 0.29) is 113 Å². The van der Waals surface area contributed by atoms with Crippen molar-refractivity contribution in [2.45, 2.75) is 245 Å². The number of ether oxygens (including phenoxy) is 2. The molecule has 1 aliphatic heterocycles. The van der Waals surface area contributed by atoms with Gasteiger partial charge in [0.2, 0.25) is 35.4 Å². The van der Waals surface area contributed by atoms with Crippen LogP contribution in [0.2, 0.25) is 0 Å². The van der Waals surface area contributed by atoms with Gasteiger partial charge in [-0.3, -0.25) is 38.5 Å². The number of rotatable bonds is 50. The van der Waals surface area contributed by atoms with E-state index in [0.29, 0.717) is 38.6 Å². The molecule has 1 heterocycles. The number of carboxylic acid groups (broad SMARTS) is 2. The Morgan fingerprint density at radius 2 is 1.00 bits per heavy atom. The molecule has 1 rings (SSSR count). The first-order valence-corrected chi connectivity index (χ1v) is 28.3. The molecule has 6 amide bonds. The fourth-order valence-corrected chi connectivity index (χ4v) is 8.88. The van der Waals surface area contributed by atoms with Crippen LogP contribution in [0.15, 0.2) is 0 Å². The maximum atomic E-state index is 13.2. The summed E-state index contributed by atoms with van der Waals surface area (Å²) in [6.45, 7) is 7.23. The molecule has 0 bridgehead atoms. The minimum absolute atomic E-state index is 0.000474. The number of carbonyl (C=O) groups is 8. The number of unbranched alkanes of at least 4 members (excludes halogenated alkanes) is 24. The van der Waals surface area contributed by atoms with Crippen LogP contribution < -0.4 is 21.3 Å². The van der Waals surface area contributed by atoms with Crippen LogP contribution in [0, 0.1) is 11.8 Å². The van der Waals surface area contributed by atoms with Crippen molar-refractivity contribution in [2.24, 2.45) is 11.8 Å². The van der Waals surface area contributed by atoms with Crippen molar-refractivity contribution in [3.63, 3.8) is 0 Å². The van der Waals surface area contributed by atoms with E-state index in [0.717, 1.165) is 70.6 Å². The van der Waals surface area contributed by atoms with E-state index in [4.69, 9.17) is 14.6 Å². The van der Waals surface area contributed by atoms with Crippen molar-refractivity contribution in [1.82, 2.24) is 26.2 Å². The number of carboxylic acids is 2. The lowest BCUT2D eigenvalue weighted by Crippen LogP contribution is -2.48. The molecule has 0 aliphatic carbocycles. The van der Waals surface area contributed by atoms with E-state index in [1.54, 1.807) is 0 Å². The normalized spacial score (nSPS) is 14.4. The van der Waals surface area contributed by atoms with Crippen molar-refractivity contribution in [3.8, 4) is 0 Å². The van der Waals surface area contributed by atoms with Crippen molar-refractivity contribution < 1.29 is 58.0 Å². The zero-order valence-electron chi connectivity index (χ0n) is 45.0. The number of hydrogen-bond donors (Lipinski definition) is 6. The molecule has 6 N–H and O–H groups in total. The minimum atomic E-state index is -1.23. The quantitative estimate of drug-likeness (QED) is 0.0247. The molecular formula is C55H99N5O12. The third kappa shape index (κ3) is 35.9. The number of imide groups is 1. The molecule has 1 fully saturated rings. The van der Waals surface area contributed by atoms with Gasteiger partial charge in [-0.05, 0) is 38.0 Å². The summed E-state index contributed by atoms with van der Waals surface area (Å²) in [7, 11) is 0. The van der Waals surface area contributed by atoms with Crippen LogP contribution >= 0.6 is 0 Å². The lowest BCUT2D eigenvalue weighted by molar-refractivity contribution is -0.142. The lowest BCUT2D eigenvalue weighted by atomic mass is 9.94. The maximum Gasteiger partial charge on any atom is 0.328 e. The molecule has 0 aromatic rings. The molecule has 3 atom stereocenters. The molecule has 3 unspecified atom stereocenters. The summed E-state index contributed by atoms with van der Waals surface area (Å²) in [5.74, 6) is -3.53. The fraction of sp³-hybridized carbons (Fsp3) is 0.855. The lowest BCUT2D eigenvalue weighted by Gasteiger charge is -2.19. The van der Waals surface area contributed by atoms with Gasteiger partial charge in [0, 0.05) is 57.7 Å². The Morgan fingerprint density at radius 1 is 0.542 bits per heavy atom. The number of nitrogens with zero attached hydrogens (tertiary/aromatic N) is 1. The smallest absolute Gasteiger partial charge is 0.328 e. The summed E-state index contributed by atoms with van der Waals surface area (Å²) in [4.78, 5) is 99.6. The second-order valence-corrected chi connectivity index (χ2v) is 20.2. The van der Waals surface area contributed by atoms with Crippen LogP contribution in [0.25, 0.3) is 0 Å². The SMILES string of the molecule is CCCCCCCCCCCCC(NC(=O)CCCCCN1C(=O)CC(C(C)C)C1=O)C(=O)NCCOCCOCCC(=O)NCC(NC(=O)CCCCCCCCCCCCCCCCC(=O)O)C(=O)O. The largest absolute Gasteiger partial charge is 0.481 e. The van der Waals surface area contributed by atoms with E-state index < -0.39 is 29.9 Å². The van der Waals surface area contributed by atoms with Gasteiger partial charge >= 0.3 is 11.9 Å². The topological polar surface area (TPSA) is 247 Å². The zero-order valence-corrected chi connectivity index (χ0v) is 45.0. The standard InChI is InChI=1S/C55H99N5O12/c1-4-5-6-7-8-9-16-19-22-26-31-46(58-49(62)33-28-25-30-37-60-51(64)42-45(44(2)3)54(60)68)53(67)56-36-39-72-41-40-71-38-35-48(61)57-43-47(55(69)70)59-50(63)32-27-23-20-17-14-12-10-11-13-15-18-21-24-29-34-52(65)66/h44-47H,4-43H2,1-3H3,(H,56,67)(H,57,61)(H,58,62)(H,59,63)(H,65,66)(H,69,70). The number of nitrogens with one attached hydrogen (secondary N) is 4. The van der Waals surface area contributed by atoms with Gasteiger partial charge in [-0.2, -0.15) is 0 Å². The molecule has 72 heavy (non-hydrogen) atoms. The average molecular weight is 1020 g/mol. The maximum absolute atomic E-state index is 13.2. The summed E-state index contributed by atoms with van der Waals surface area (Å²) >= 11 is 0. The van der Waals surface area contributed by atoms with Crippen molar-refractivity contribution in [2.75, 3.05) is 46.1 Å². The molecular weight excluding hydrogens is 923 g/mol. The van der Waals surface area contributed by atoms with Crippen LogP contribution in [0.4, 0.5) is 0 Å². The summed E-state index contributed by atoms with van der Waals surface area (Å²) < 4.78 is 11.1. The van der Waals surface area contributed by atoms with Gasteiger partial charge in [0.15, 0.2) is 0 Å². The zero-order chi connectivity index (χ0) is 53.0. The van der Waals surface area contributed by atoms with Crippen LogP contribution in [0.3, 0.4) is 0 Å². The first-order chi connectivity index (χ1) is 34.8. The highest BCUT2D eigenvalue weighted by Gasteiger charge is 2.39. The van der Waals surface area contributed by atoms with E-state index in [1.165, 1.54) is 81.9 Å². The van der Waals surface area contributed by atoms with Crippen LogP contribution in [0.5, 0.6) is 0 Å². The molecule has 0 saturated carbocycles. The first kappa shape index (κ1) is 65.9. The molecule has 0 aromatic heterocycles. The number of amides is 6. The summed E-state index contributed by atoms with van der Waals surface area (Å²) in [5.41, 5.74) is 0. The average Bonchev–Trinajstić information content (AvgIpc) is 3.63. The molecule has 0 spiro atoms. The first-order valence-electron chi connectivity index (χ1n) is 28.3. The van der Waals surface area contributed by atoms with Crippen LogP contribution in [-0.2, 0) is 47.8 Å². The van der Waals surface area contributed by atoms with Crippen molar-refractivity contribution >= 4 is 47.4 Å². The van der Waals surface area contributed by atoms with Gasteiger partial charge in [-0.15, -0.1) is 0 Å². The highest BCUT2D eigenvalue weighted by molar-refractivity contribution is 6.03. The second-order valence-electron chi connectivity index (χ2n) is 20.2. The molecule has 0 aromatic carbocycles. The van der Waals surface area contributed by atoms with E-state index >= 15 is 0 Å².